The van der Waals surface area contributed by atoms with E-state index in [2.05, 4.69) is 4.98 Å². The maximum absolute atomic E-state index is 13.2. The highest BCUT2D eigenvalue weighted by Gasteiger charge is 2.23. The molecule has 0 unspecified atom stereocenters. The van der Waals surface area contributed by atoms with Crippen LogP contribution in [0.25, 0.3) is 10.2 Å². The van der Waals surface area contributed by atoms with Crippen LogP contribution in [-0.2, 0) is 11.3 Å². The van der Waals surface area contributed by atoms with Gasteiger partial charge >= 0.3 is 0 Å². The minimum atomic E-state index is -0.222. The van der Waals surface area contributed by atoms with E-state index in [-0.39, 0.29) is 12.5 Å². The van der Waals surface area contributed by atoms with Gasteiger partial charge in [-0.3, -0.25) is 14.7 Å². The Balaban J connectivity index is 1.43. The number of rotatable bonds is 6. The van der Waals surface area contributed by atoms with E-state index < -0.39 is 0 Å². The van der Waals surface area contributed by atoms with E-state index in [1.165, 1.54) is 11.3 Å². The minimum absolute atomic E-state index is 0.138. The van der Waals surface area contributed by atoms with Gasteiger partial charge in [0.15, 0.2) is 23.2 Å². The molecule has 0 N–H and O–H groups in total. The highest BCUT2D eigenvalue weighted by Crippen LogP contribution is 2.39. The van der Waals surface area contributed by atoms with Crippen LogP contribution in [0, 0.1) is 0 Å². The van der Waals surface area contributed by atoms with Crippen molar-refractivity contribution in [1.29, 1.82) is 0 Å². The van der Waals surface area contributed by atoms with Crippen LogP contribution in [0.1, 0.15) is 5.56 Å². The number of nitrogens with zero attached hydrogens (tertiary/aromatic N) is 3. The fourth-order valence-corrected chi connectivity index (χ4v) is 4.38. The zero-order valence-electron chi connectivity index (χ0n) is 16.9. The van der Waals surface area contributed by atoms with Crippen molar-refractivity contribution in [2.45, 2.75) is 6.54 Å². The summed E-state index contributed by atoms with van der Waals surface area (Å²) in [6.45, 7) is 1.20. The fourth-order valence-electron chi connectivity index (χ4n) is 3.26. The van der Waals surface area contributed by atoms with Crippen molar-refractivity contribution >= 4 is 44.2 Å². The second kappa shape index (κ2) is 9.02. The first-order valence-electron chi connectivity index (χ1n) is 9.93. The molecule has 162 valence electrons. The summed E-state index contributed by atoms with van der Waals surface area (Å²) in [7, 11) is 0. The van der Waals surface area contributed by atoms with Gasteiger partial charge in [-0.05, 0) is 35.9 Å². The predicted octanol–water partition coefficient (Wildman–Crippen LogP) is 4.73. The maximum atomic E-state index is 13.2. The Morgan fingerprint density at radius 3 is 2.66 bits per heavy atom. The average molecular weight is 468 g/mol. The zero-order valence-corrected chi connectivity index (χ0v) is 18.4. The predicted molar refractivity (Wildman–Crippen MR) is 123 cm³/mol. The lowest BCUT2D eigenvalue weighted by atomic mass is 10.2. The molecule has 0 bridgehead atoms. The third-order valence-corrected chi connectivity index (χ3v) is 6.11. The molecule has 1 amide bonds. The third kappa shape index (κ3) is 4.46. The molecule has 4 aromatic rings. The lowest BCUT2D eigenvalue weighted by molar-refractivity contribution is -0.120. The molecule has 0 spiro atoms. The first kappa shape index (κ1) is 20.5. The van der Waals surface area contributed by atoms with Crippen LogP contribution < -0.4 is 19.1 Å². The molecule has 3 heterocycles. The number of amides is 1. The monoisotopic (exact) mass is 467 g/mol. The quantitative estimate of drug-likeness (QED) is 0.408. The van der Waals surface area contributed by atoms with Crippen molar-refractivity contribution in [3.63, 3.8) is 0 Å². The Morgan fingerprint density at radius 1 is 1.12 bits per heavy atom. The molecule has 1 aliphatic rings. The number of benzene rings is 2. The maximum Gasteiger partial charge on any atom is 0.267 e. The Kier molecular flexibility index (Phi) is 5.79. The first-order chi connectivity index (χ1) is 15.7. The molecular weight excluding hydrogens is 450 g/mol. The van der Waals surface area contributed by atoms with E-state index in [1.54, 1.807) is 41.6 Å². The summed E-state index contributed by atoms with van der Waals surface area (Å²) in [6.07, 6.45) is 3.43. The summed E-state index contributed by atoms with van der Waals surface area (Å²) >= 11 is 7.33. The molecule has 1 aliphatic heterocycles. The third-order valence-electron chi connectivity index (χ3n) is 4.81. The van der Waals surface area contributed by atoms with Crippen LogP contribution in [0.15, 0.2) is 60.9 Å². The van der Waals surface area contributed by atoms with Gasteiger partial charge in [-0.2, -0.15) is 0 Å². The summed E-state index contributed by atoms with van der Waals surface area (Å²) in [6, 6.07) is 14.4. The molecule has 0 saturated carbocycles. The van der Waals surface area contributed by atoms with Gasteiger partial charge in [0, 0.05) is 29.5 Å². The van der Waals surface area contributed by atoms with Crippen LogP contribution in [-0.4, -0.2) is 35.7 Å². The largest absolute Gasteiger partial charge is 0.486 e. The van der Waals surface area contributed by atoms with Gasteiger partial charge in [0.05, 0.1) is 16.8 Å². The first-order valence-corrected chi connectivity index (χ1v) is 11.1. The topological polar surface area (TPSA) is 73.8 Å². The van der Waals surface area contributed by atoms with E-state index in [0.717, 1.165) is 15.8 Å². The van der Waals surface area contributed by atoms with Crippen LogP contribution in [0.5, 0.6) is 17.2 Å². The van der Waals surface area contributed by atoms with E-state index in [1.807, 2.05) is 24.3 Å². The molecule has 2 aromatic carbocycles. The molecule has 0 fully saturated rings. The van der Waals surface area contributed by atoms with Crippen molar-refractivity contribution in [3.8, 4) is 17.2 Å². The molecule has 2 aromatic heterocycles. The summed E-state index contributed by atoms with van der Waals surface area (Å²) in [5.74, 6) is 1.70. The van der Waals surface area contributed by atoms with E-state index in [4.69, 9.17) is 30.8 Å². The second-order valence-corrected chi connectivity index (χ2v) is 8.49. The Labute approximate surface area is 193 Å². The molecule has 9 heteroatoms. The second-order valence-electron chi connectivity index (χ2n) is 7.04. The number of anilines is 1. The Bertz CT molecular complexity index is 1200. The van der Waals surface area contributed by atoms with Crippen LogP contribution >= 0.6 is 22.9 Å². The summed E-state index contributed by atoms with van der Waals surface area (Å²) in [5.41, 5.74) is 1.63. The number of thiazole rings is 1. The standard InChI is InChI=1S/C23H18ClN3O4S/c24-16-3-5-17(6-4-16)31-14-22(28)27(13-15-2-1-7-25-12-15)23-26-18-10-19-20(11-21(18)32-23)30-9-8-29-19/h1-7,10-12H,8-9,13-14H2. The number of carbonyl (C=O) groups excluding carboxylic acids is 1. The number of fused-ring (bicyclic) bond motifs is 2. The Hall–Kier alpha value is -3.36. The molecule has 0 atom stereocenters. The number of pyridine rings is 1. The number of ether oxygens (including phenoxy) is 3. The van der Waals surface area contributed by atoms with Crippen LogP contribution in [0.4, 0.5) is 5.13 Å². The van der Waals surface area contributed by atoms with Crippen LogP contribution in [0.3, 0.4) is 0 Å². The molecule has 5 rings (SSSR count). The highest BCUT2D eigenvalue weighted by molar-refractivity contribution is 7.22. The van der Waals surface area contributed by atoms with Gasteiger partial charge in [0.1, 0.15) is 19.0 Å². The minimum Gasteiger partial charge on any atom is -0.486 e. The molecule has 7 nitrogen and oxygen atoms in total. The SMILES string of the molecule is O=C(COc1ccc(Cl)cc1)N(Cc1cccnc1)c1nc2cc3c(cc2s1)OCCO3. The zero-order chi connectivity index (χ0) is 21.9. The van der Waals surface area contributed by atoms with E-state index in [9.17, 15) is 4.79 Å². The van der Waals surface area contributed by atoms with Crippen molar-refractivity contribution in [2.24, 2.45) is 0 Å². The smallest absolute Gasteiger partial charge is 0.267 e. The van der Waals surface area contributed by atoms with Gasteiger partial charge < -0.3 is 14.2 Å². The van der Waals surface area contributed by atoms with Crippen LogP contribution in [0.2, 0.25) is 5.02 Å². The summed E-state index contributed by atoms with van der Waals surface area (Å²) in [5, 5.41) is 1.17. The van der Waals surface area contributed by atoms with E-state index >= 15 is 0 Å². The van der Waals surface area contributed by atoms with Gasteiger partial charge in [-0.25, -0.2) is 4.98 Å². The van der Waals surface area contributed by atoms with Gasteiger partial charge in [-0.1, -0.05) is 29.0 Å². The number of carbonyl (C=O) groups is 1. The fraction of sp³-hybridized carbons (Fsp3) is 0.174. The Morgan fingerprint density at radius 2 is 1.91 bits per heavy atom. The number of hydrogen-bond acceptors (Lipinski definition) is 7. The normalized spacial score (nSPS) is 12.5. The lowest BCUT2D eigenvalue weighted by Gasteiger charge is -2.20. The van der Waals surface area contributed by atoms with Crippen molar-refractivity contribution in [1.82, 2.24) is 9.97 Å². The van der Waals surface area contributed by atoms with Crippen molar-refractivity contribution in [2.75, 3.05) is 24.7 Å². The van der Waals surface area contributed by atoms with Crippen molar-refractivity contribution in [3.05, 3.63) is 71.5 Å². The molecule has 0 radical (unpaired) electrons. The van der Waals surface area contributed by atoms with E-state index in [0.29, 0.717) is 47.2 Å². The van der Waals surface area contributed by atoms with Gasteiger partial charge in [0.25, 0.3) is 5.91 Å². The lowest BCUT2D eigenvalue weighted by Crippen LogP contribution is -2.34. The average Bonchev–Trinajstić information content (AvgIpc) is 3.23. The molecule has 32 heavy (non-hydrogen) atoms. The highest BCUT2D eigenvalue weighted by atomic mass is 35.5. The molecule has 0 saturated heterocycles. The molecule has 0 aliphatic carbocycles. The van der Waals surface area contributed by atoms with Crippen molar-refractivity contribution < 1.29 is 19.0 Å². The number of hydrogen-bond donors (Lipinski definition) is 0. The number of halogens is 1. The number of aromatic nitrogens is 2. The summed E-state index contributed by atoms with van der Waals surface area (Å²) in [4.78, 5) is 23.7. The molecular formula is C23H18ClN3O4S. The van der Waals surface area contributed by atoms with Gasteiger partial charge in [0.2, 0.25) is 0 Å². The summed E-state index contributed by atoms with van der Waals surface area (Å²) < 4.78 is 17.9. The van der Waals surface area contributed by atoms with Gasteiger partial charge in [-0.15, -0.1) is 0 Å².